The second-order valence-corrected chi connectivity index (χ2v) is 9.05. The highest BCUT2D eigenvalue weighted by Crippen LogP contribution is 2.41. The molecule has 2 atom stereocenters. The Kier molecular flexibility index (Phi) is 6.49. The molecule has 0 radical (unpaired) electrons. The quantitative estimate of drug-likeness (QED) is 0.698. The number of nitrogens with zero attached hydrogens (tertiary/aromatic N) is 1. The smallest absolute Gasteiger partial charge is 0.261 e. The summed E-state index contributed by atoms with van der Waals surface area (Å²) in [5.41, 5.74) is 2.81. The first-order chi connectivity index (χ1) is 15.4. The fraction of sp³-hybridized carbons (Fsp3) is 0.462. The monoisotopic (exact) mass is 438 g/mol. The number of carbonyl (C=O) groups is 2. The minimum Gasteiger partial charge on any atom is -0.481 e. The SMILES string of the molecule is CC[C@@H](Oc1ccc2c(c1)[C@@H](c1cccc(F)c1)N(C(=O)C1CC1)CC2)C(=O)NC(C)C. The third-order valence-corrected chi connectivity index (χ3v) is 6.09. The van der Waals surface area contributed by atoms with Crippen molar-refractivity contribution in [2.24, 2.45) is 5.92 Å². The number of ether oxygens (including phenoxy) is 1. The highest BCUT2D eigenvalue weighted by Gasteiger charge is 2.39. The maximum Gasteiger partial charge on any atom is 0.261 e. The van der Waals surface area contributed by atoms with Crippen molar-refractivity contribution in [1.29, 1.82) is 0 Å². The van der Waals surface area contributed by atoms with Gasteiger partial charge in [0.2, 0.25) is 5.91 Å². The van der Waals surface area contributed by atoms with Crippen molar-refractivity contribution < 1.29 is 18.7 Å². The van der Waals surface area contributed by atoms with E-state index in [2.05, 4.69) is 5.32 Å². The van der Waals surface area contributed by atoms with E-state index >= 15 is 0 Å². The molecule has 1 aliphatic carbocycles. The number of hydrogen-bond acceptors (Lipinski definition) is 3. The van der Waals surface area contributed by atoms with Crippen LogP contribution in [0.1, 0.15) is 62.8 Å². The van der Waals surface area contributed by atoms with Crippen LogP contribution in [0.25, 0.3) is 0 Å². The predicted molar refractivity (Wildman–Crippen MR) is 121 cm³/mol. The summed E-state index contributed by atoms with van der Waals surface area (Å²) in [6.07, 6.45) is 2.52. The van der Waals surface area contributed by atoms with Gasteiger partial charge in [0.05, 0.1) is 6.04 Å². The number of hydrogen-bond donors (Lipinski definition) is 1. The molecule has 2 aromatic rings. The minimum absolute atomic E-state index is 0.0306. The first kappa shape index (κ1) is 22.3. The molecule has 2 amide bonds. The van der Waals surface area contributed by atoms with Gasteiger partial charge in [-0.15, -0.1) is 0 Å². The number of benzene rings is 2. The highest BCUT2D eigenvalue weighted by atomic mass is 19.1. The van der Waals surface area contributed by atoms with E-state index < -0.39 is 6.10 Å². The molecule has 170 valence electrons. The Morgan fingerprint density at radius 2 is 1.97 bits per heavy atom. The number of carbonyl (C=O) groups excluding carboxylic acids is 2. The largest absolute Gasteiger partial charge is 0.481 e. The van der Waals surface area contributed by atoms with Crippen molar-refractivity contribution in [2.45, 2.75) is 64.6 Å². The first-order valence-electron chi connectivity index (χ1n) is 11.5. The minimum atomic E-state index is -0.601. The second-order valence-electron chi connectivity index (χ2n) is 9.05. The lowest BCUT2D eigenvalue weighted by atomic mass is 9.87. The van der Waals surface area contributed by atoms with Crippen LogP contribution in [-0.4, -0.2) is 35.4 Å². The Bertz CT molecular complexity index is 1000. The van der Waals surface area contributed by atoms with Gasteiger partial charge in [0.1, 0.15) is 11.6 Å². The summed E-state index contributed by atoms with van der Waals surface area (Å²) in [6.45, 7) is 6.35. The Labute approximate surface area is 188 Å². The number of fused-ring (bicyclic) bond motifs is 1. The lowest BCUT2D eigenvalue weighted by molar-refractivity contribution is -0.134. The summed E-state index contributed by atoms with van der Waals surface area (Å²) in [7, 11) is 0. The summed E-state index contributed by atoms with van der Waals surface area (Å²) in [5.74, 6) is 0.330. The zero-order valence-electron chi connectivity index (χ0n) is 18.9. The Morgan fingerprint density at radius 3 is 2.62 bits per heavy atom. The molecule has 0 saturated heterocycles. The zero-order chi connectivity index (χ0) is 22.8. The summed E-state index contributed by atoms with van der Waals surface area (Å²) < 4.78 is 20.2. The molecule has 1 fully saturated rings. The third kappa shape index (κ3) is 4.79. The van der Waals surface area contributed by atoms with Crippen molar-refractivity contribution in [2.75, 3.05) is 6.54 Å². The van der Waals surface area contributed by atoms with E-state index in [9.17, 15) is 14.0 Å². The van der Waals surface area contributed by atoms with Gasteiger partial charge < -0.3 is 15.0 Å². The molecular weight excluding hydrogens is 407 g/mol. The van der Waals surface area contributed by atoms with Crippen LogP contribution in [0.15, 0.2) is 42.5 Å². The van der Waals surface area contributed by atoms with E-state index in [-0.39, 0.29) is 35.6 Å². The van der Waals surface area contributed by atoms with Crippen LogP contribution in [-0.2, 0) is 16.0 Å². The van der Waals surface area contributed by atoms with E-state index in [0.29, 0.717) is 18.7 Å². The van der Waals surface area contributed by atoms with Gasteiger partial charge in [-0.25, -0.2) is 4.39 Å². The van der Waals surface area contributed by atoms with Crippen molar-refractivity contribution in [3.63, 3.8) is 0 Å². The summed E-state index contributed by atoms with van der Waals surface area (Å²) in [5, 5.41) is 2.90. The molecule has 6 heteroatoms. The second kappa shape index (κ2) is 9.31. The van der Waals surface area contributed by atoms with Gasteiger partial charge in [-0.3, -0.25) is 9.59 Å². The van der Waals surface area contributed by atoms with Gasteiger partial charge in [-0.2, -0.15) is 0 Å². The van der Waals surface area contributed by atoms with E-state index in [0.717, 1.165) is 36.0 Å². The molecule has 0 bridgehead atoms. The van der Waals surface area contributed by atoms with E-state index in [1.165, 1.54) is 12.1 Å². The van der Waals surface area contributed by atoms with Gasteiger partial charge in [-0.05, 0) is 80.5 Å². The molecule has 1 aliphatic heterocycles. The highest BCUT2D eigenvalue weighted by molar-refractivity contribution is 5.82. The molecule has 1 saturated carbocycles. The molecule has 2 aromatic carbocycles. The Morgan fingerprint density at radius 1 is 1.19 bits per heavy atom. The van der Waals surface area contributed by atoms with Gasteiger partial charge in [-0.1, -0.05) is 25.1 Å². The van der Waals surface area contributed by atoms with E-state index in [1.54, 1.807) is 6.07 Å². The van der Waals surface area contributed by atoms with Crippen molar-refractivity contribution >= 4 is 11.8 Å². The maximum absolute atomic E-state index is 14.1. The Balaban J connectivity index is 1.68. The lowest BCUT2D eigenvalue weighted by Crippen LogP contribution is -2.42. The van der Waals surface area contributed by atoms with Gasteiger partial charge in [0.15, 0.2) is 6.10 Å². The average Bonchev–Trinajstić information content (AvgIpc) is 3.61. The third-order valence-electron chi connectivity index (χ3n) is 6.09. The van der Waals surface area contributed by atoms with Crippen LogP contribution >= 0.6 is 0 Å². The number of rotatable bonds is 7. The van der Waals surface area contributed by atoms with Crippen LogP contribution in [0.5, 0.6) is 5.75 Å². The average molecular weight is 439 g/mol. The fourth-order valence-corrected chi connectivity index (χ4v) is 4.37. The predicted octanol–water partition coefficient (Wildman–Crippen LogP) is 4.39. The molecule has 0 spiro atoms. The molecule has 0 aromatic heterocycles. The first-order valence-corrected chi connectivity index (χ1v) is 11.5. The normalized spacial score (nSPS) is 18.8. The molecule has 1 N–H and O–H groups in total. The fourth-order valence-electron chi connectivity index (χ4n) is 4.37. The van der Waals surface area contributed by atoms with Crippen molar-refractivity contribution in [1.82, 2.24) is 10.2 Å². The molecule has 1 heterocycles. The standard InChI is InChI=1S/C26H31FN2O3/c1-4-23(25(30)28-16(2)3)32-21-11-10-17-12-13-29(26(31)18-8-9-18)24(22(17)15-21)19-6-5-7-20(27)14-19/h5-7,10-11,14-16,18,23-24H,4,8-9,12-13H2,1-3H3,(H,28,30)/t23-,24-/m1/s1. The van der Waals surface area contributed by atoms with Gasteiger partial charge in [0.25, 0.3) is 5.91 Å². The van der Waals surface area contributed by atoms with Crippen LogP contribution in [0.2, 0.25) is 0 Å². The van der Waals surface area contributed by atoms with Crippen LogP contribution in [0.4, 0.5) is 4.39 Å². The summed E-state index contributed by atoms with van der Waals surface area (Å²) in [4.78, 5) is 27.5. The molecule has 4 rings (SSSR count). The van der Waals surface area contributed by atoms with Gasteiger partial charge in [0, 0.05) is 18.5 Å². The van der Waals surface area contributed by atoms with Gasteiger partial charge >= 0.3 is 0 Å². The van der Waals surface area contributed by atoms with E-state index in [1.807, 2.05) is 49.9 Å². The lowest BCUT2D eigenvalue weighted by Gasteiger charge is -2.38. The molecule has 5 nitrogen and oxygen atoms in total. The molecule has 2 aliphatic rings. The number of nitrogens with one attached hydrogen (secondary N) is 1. The van der Waals surface area contributed by atoms with Crippen LogP contribution < -0.4 is 10.1 Å². The van der Waals surface area contributed by atoms with E-state index in [4.69, 9.17) is 4.74 Å². The summed E-state index contributed by atoms with van der Waals surface area (Å²) in [6, 6.07) is 11.9. The van der Waals surface area contributed by atoms with Crippen LogP contribution in [0.3, 0.4) is 0 Å². The molecule has 32 heavy (non-hydrogen) atoms. The zero-order valence-corrected chi connectivity index (χ0v) is 18.9. The number of amides is 2. The molecule has 0 unspecified atom stereocenters. The van der Waals surface area contributed by atoms with Crippen molar-refractivity contribution in [3.8, 4) is 5.75 Å². The molecular formula is C26H31FN2O3. The van der Waals surface area contributed by atoms with Crippen molar-refractivity contribution in [3.05, 3.63) is 65.0 Å². The maximum atomic E-state index is 14.1. The Hall–Kier alpha value is -2.89. The summed E-state index contributed by atoms with van der Waals surface area (Å²) >= 11 is 0. The topological polar surface area (TPSA) is 58.6 Å². The van der Waals surface area contributed by atoms with Crippen LogP contribution in [0, 0.1) is 11.7 Å². The number of halogens is 1.